The van der Waals surface area contributed by atoms with Crippen molar-refractivity contribution in [3.63, 3.8) is 0 Å². The van der Waals surface area contributed by atoms with Gasteiger partial charge in [0.15, 0.2) is 6.54 Å². The third kappa shape index (κ3) is 5.37. The third-order valence-electron chi connectivity index (χ3n) is 4.97. The molecule has 152 valence electrons. The summed E-state index contributed by atoms with van der Waals surface area (Å²) in [6.45, 7) is 2.21. The summed E-state index contributed by atoms with van der Waals surface area (Å²) in [5.74, 6) is -0.685. The van der Waals surface area contributed by atoms with E-state index >= 15 is 0 Å². The third-order valence-corrected chi connectivity index (χ3v) is 5.22. The normalized spacial score (nSPS) is 13.1. The van der Waals surface area contributed by atoms with Crippen LogP contribution in [0.1, 0.15) is 24.1 Å². The molecule has 0 bridgehead atoms. The van der Waals surface area contributed by atoms with Crippen molar-refractivity contribution in [2.24, 2.45) is 0 Å². The van der Waals surface area contributed by atoms with E-state index in [0.717, 1.165) is 22.0 Å². The number of H-pyrrole nitrogens is 1. The van der Waals surface area contributed by atoms with Crippen molar-refractivity contribution in [1.82, 2.24) is 10.3 Å². The number of quaternary nitrogens is 1. The molecule has 0 spiro atoms. The van der Waals surface area contributed by atoms with Crippen LogP contribution in [-0.4, -0.2) is 36.6 Å². The maximum absolute atomic E-state index is 12.5. The van der Waals surface area contributed by atoms with E-state index in [2.05, 4.69) is 10.3 Å². The molecule has 3 rings (SSSR count). The van der Waals surface area contributed by atoms with E-state index in [-0.39, 0.29) is 18.5 Å². The number of methoxy groups -OCH3 is 1. The number of aromatic nitrogens is 1. The van der Waals surface area contributed by atoms with Crippen molar-refractivity contribution >= 4 is 34.4 Å². The van der Waals surface area contributed by atoms with Gasteiger partial charge in [0, 0.05) is 34.1 Å². The number of aromatic amines is 1. The summed E-state index contributed by atoms with van der Waals surface area (Å²) in [4.78, 5) is 27.9. The van der Waals surface area contributed by atoms with Gasteiger partial charge in [0.1, 0.15) is 12.1 Å². The van der Waals surface area contributed by atoms with E-state index in [0.29, 0.717) is 11.4 Å². The average Bonchev–Trinajstić information content (AvgIpc) is 3.14. The van der Waals surface area contributed by atoms with Crippen LogP contribution in [0.2, 0.25) is 5.02 Å². The number of nitrogens with one attached hydrogen (secondary N) is 2. The van der Waals surface area contributed by atoms with Crippen molar-refractivity contribution in [2.75, 3.05) is 13.7 Å². The highest BCUT2D eigenvalue weighted by atomic mass is 35.5. The number of benzene rings is 2. The largest absolute Gasteiger partial charge is 0.467 e. The Hall–Kier alpha value is -2.83. The number of fused-ring (bicyclic) bond motifs is 1. The van der Waals surface area contributed by atoms with Gasteiger partial charge in [0.2, 0.25) is 0 Å². The monoisotopic (exact) mass is 414 g/mol. The maximum Gasteiger partial charge on any atom is 0.328 e. The van der Waals surface area contributed by atoms with Crippen molar-refractivity contribution in [2.45, 2.75) is 25.4 Å². The molecule has 0 radical (unpaired) electrons. The number of rotatable bonds is 8. The Kier molecular flexibility index (Phi) is 6.90. The number of hydrogen-bond acceptors (Lipinski definition) is 3. The highest BCUT2D eigenvalue weighted by Gasteiger charge is 2.24. The topological polar surface area (TPSA) is 87.8 Å². The number of halogens is 1. The number of nitrogens with two attached hydrogens (primary N) is 1. The number of esters is 1. The second kappa shape index (κ2) is 9.58. The van der Waals surface area contributed by atoms with Gasteiger partial charge in [-0.15, -0.1) is 0 Å². The van der Waals surface area contributed by atoms with E-state index < -0.39 is 12.0 Å². The fourth-order valence-corrected chi connectivity index (χ4v) is 3.42. The zero-order chi connectivity index (χ0) is 20.8. The van der Waals surface area contributed by atoms with Crippen molar-refractivity contribution < 1.29 is 19.6 Å². The predicted molar refractivity (Wildman–Crippen MR) is 113 cm³/mol. The lowest BCUT2D eigenvalue weighted by Gasteiger charge is -2.17. The molecule has 1 aromatic heterocycles. The van der Waals surface area contributed by atoms with Crippen LogP contribution in [0.25, 0.3) is 10.9 Å². The quantitative estimate of drug-likeness (QED) is 0.494. The first-order valence-electron chi connectivity index (χ1n) is 9.49. The van der Waals surface area contributed by atoms with Crippen LogP contribution in [-0.2, 0) is 20.7 Å². The molecule has 3 aromatic rings. The molecular formula is C22H25ClN3O3+. The van der Waals surface area contributed by atoms with E-state index in [1.807, 2.05) is 67.0 Å². The zero-order valence-corrected chi connectivity index (χ0v) is 17.2. The lowest BCUT2D eigenvalue weighted by Crippen LogP contribution is -2.87. The van der Waals surface area contributed by atoms with Gasteiger partial charge in [-0.05, 0) is 30.7 Å². The molecule has 0 unspecified atom stereocenters. The molecule has 2 aromatic carbocycles. The number of carbonyl (C=O) groups is 2. The van der Waals surface area contributed by atoms with Crippen LogP contribution in [0.4, 0.5) is 0 Å². The second-order valence-electron chi connectivity index (χ2n) is 6.99. The second-order valence-corrected chi connectivity index (χ2v) is 7.42. The highest BCUT2D eigenvalue weighted by molar-refractivity contribution is 6.30. The molecular weight excluding hydrogens is 390 g/mol. The van der Waals surface area contributed by atoms with Crippen molar-refractivity contribution in [1.29, 1.82) is 0 Å². The number of carbonyl (C=O) groups excluding carboxylic acids is 2. The number of amides is 1. The molecule has 1 amide bonds. The standard InChI is InChI=1S/C22H24ClN3O3/c1-14(15-7-9-17(23)10-8-15)24-13-21(27)26-20(22(28)29-2)11-16-12-25-19-6-4-3-5-18(16)19/h3-10,12,14,20,24-25H,11,13H2,1-2H3,(H,26,27)/p+1/t14-,20-/m0/s1. The molecule has 29 heavy (non-hydrogen) atoms. The molecule has 2 atom stereocenters. The number of para-hydroxylation sites is 1. The molecule has 6 nitrogen and oxygen atoms in total. The summed E-state index contributed by atoms with van der Waals surface area (Å²) >= 11 is 5.92. The summed E-state index contributed by atoms with van der Waals surface area (Å²) in [6, 6.07) is 14.7. The minimum absolute atomic E-state index is 0.0863. The van der Waals surface area contributed by atoms with Crippen LogP contribution in [0, 0.1) is 0 Å². The van der Waals surface area contributed by atoms with Gasteiger partial charge in [-0.1, -0.05) is 41.9 Å². The Labute approximate surface area is 174 Å². The van der Waals surface area contributed by atoms with Crippen molar-refractivity contribution in [3.05, 3.63) is 70.9 Å². The molecule has 1 heterocycles. The van der Waals surface area contributed by atoms with Gasteiger partial charge >= 0.3 is 5.97 Å². The Morgan fingerprint density at radius 1 is 1.17 bits per heavy atom. The molecule has 4 N–H and O–H groups in total. The number of hydrogen-bond donors (Lipinski definition) is 3. The molecule has 0 saturated carbocycles. The minimum atomic E-state index is -0.744. The van der Waals surface area contributed by atoms with Gasteiger partial charge in [0.05, 0.1) is 7.11 Å². The first kappa shape index (κ1) is 20.9. The van der Waals surface area contributed by atoms with Gasteiger partial charge in [0.25, 0.3) is 5.91 Å². The van der Waals surface area contributed by atoms with Gasteiger partial charge in [-0.25, -0.2) is 4.79 Å². The molecule has 0 aliphatic rings. The summed E-state index contributed by atoms with van der Waals surface area (Å²) in [5, 5.41) is 6.43. The minimum Gasteiger partial charge on any atom is -0.467 e. The van der Waals surface area contributed by atoms with Crippen LogP contribution >= 0.6 is 11.6 Å². The molecule has 7 heteroatoms. The predicted octanol–water partition coefficient (Wildman–Crippen LogP) is 2.35. The SMILES string of the molecule is COC(=O)[C@H](Cc1c[nH]c2ccccc12)NC(=O)C[NH2+][C@@H](C)c1ccc(Cl)cc1. The fourth-order valence-electron chi connectivity index (χ4n) is 3.30. The Morgan fingerprint density at radius 3 is 2.62 bits per heavy atom. The van der Waals surface area contributed by atoms with Crippen molar-refractivity contribution in [3.8, 4) is 0 Å². The van der Waals surface area contributed by atoms with Crippen LogP contribution in [0.15, 0.2) is 54.7 Å². The van der Waals surface area contributed by atoms with Crippen LogP contribution in [0.3, 0.4) is 0 Å². The molecule has 0 fully saturated rings. The van der Waals surface area contributed by atoms with Gasteiger partial charge in [-0.2, -0.15) is 0 Å². The van der Waals surface area contributed by atoms with Gasteiger partial charge in [-0.3, -0.25) is 4.79 Å². The van der Waals surface area contributed by atoms with E-state index in [1.165, 1.54) is 7.11 Å². The van der Waals surface area contributed by atoms with E-state index in [9.17, 15) is 9.59 Å². The lowest BCUT2D eigenvalue weighted by molar-refractivity contribution is -0.682. The van der Waals surface area contributed by atoms with Gasteiger partial charge < -0.3 is 20.4 Å². The maximum atomic E-state index is 12.5. The highest BCUT2D eigenvalue weighted by Crippen LogP contribution is 2.19. The molecule has 0 saturated heterocycles. The smallest absolute Gasteiger partial charge is 0.328 e. The van der Waals surface area contributed by atoms with E-state index in [4.69, 9.17) is 16.3 Å². The Balaban J connectivity index is 1.61. The number of ether oxygens (including phenoxy) is 1. The molecule has 0 aliphatic heterocycles. The summed E-state index contributed by atoms with van der Waals surface area (Å²) in [5.41, 5.74) is 3.02. The molecule has 0 aliphatic carbocycles. The first-order chi connectivity index (χ1) is 14.0. The zero-order valence-electron chi connectivity index (χ0n) is 16.4. The fraction of sp³-hybridized carbons (Fsp3) is 0.273. The van der Waals surface area contributed by atoms with E-state index in [1.54, 1.807) is 0 Å². The lowest BCUT2D eigenvalue weighted by atomic mass is 10.0. The first-order valence-corrected chi connectivity index (χ1v) is 9.86. The summed E-state index contributed by atoms with van der Waals surface area (Å²) < 4.78 is 4.89. The Morgan fingerprint density at radius 2 is 1.90 bits per heavy atom. The summed E-state index contributed by atoms with van der Waals surface area (Å²) in [6.07, 6.45) is 2.22. The van der Waals surface area contributed by atoms with Crippen LogP contribution < -0.4 is 10.6 Å². The van der Waals surface area contributed by atoms with Crippen LogP contribution in [0.5, 0.6) is 0 Å². The summed E-state index contributed by atoms with van der Waals surface area (Å²) in [7, 11) is 1.32. The Bertz CT molecular complexity index is 984. The average molecular weight is 415 g/mol.